The van der Waals surface area contributed by atoms with Gasteiger partial charge in [-0.25, -0.2) is 9.47 Å². The topological polar surface area (TPSA) is 155 Å². The Labute approximate surface area is 241 Å². The van der Waals surface area contributed by atoms with E-state index in [2.05, 4.69) is 18.9 Å². The van der Waals surface area contributed by atoms with Gasteiger partial charge in [-0.05, 0) is 22.4 Å². The molecule has 1 aromatic heterocycles. The number of aliphatic hydroxyl groups is 4. The highest BCUT2D eigenvalue weighted by Crippen LogP contribution is 2.33. The molecule has 0 radical (unpaired) electrons. The van der Waals surface area contributed by atoms with E-state index in [0.29, 0.717) is 6.61 Å². The van der Waals surface area contributed by atoms with Crippen molar-refractivity contribution >= 4 is 11.3 Å². The molecule has 0 bridgehead atoms. The van der Waals surface area contributed by atoms with Gasteiger partial charge in [0.1, 0.15) is 31.5 Å². The quantitative estimate of drug-likeness (QED) is 0.0615. The van der Waals surface area contributed by atoms with Gasteiger partial charge in [-0.15, -0.1) is 8.78 Å². The van der Waals surface area contributed by atoms with Crippen LogP contribution in [0.15, 0.2) is 16.8 Å². The Morgan fingerprint density at radius 2 is 1.12 bits per heavy atom. The summed E-state index contributed by atoms with van der Waals surface area (Å²) in [5.41, 5.74) is 0.965. The molecule has 4 N–H and O–H groups in total. The molecule has 0 aliphatic carbocycles. The van der Waals surface area contributed by atoms with Crippen LogP contribution in [-0.2, 0) is 44.5 Å². The van der Waals surface area contributed by atoms with Crippen molar-refractivity contribution in [2.75, 3.05) is 79.3 Å². The van der Waals surface area contributed by atoms with Gasteiger partial charge < -0.3 is 48.8 Å². The molecule has 19 heteroatoms. The van der Waals surface area contributed by atoms with Gasteiger partial charge in [-0.1, -0.05) is 0 Å². The summed E-state index contributed by atoms with van der Waals surface area (Å²) in [6.45, 7) is -6.54. The highest BCUT2D eigenvalue weighted by atomic mass is 32.1. The largest absolute Gasteiger partial charge is 0.495 e. The molecule has 1 rings (SSSR count). The second kappa shape index (κ2) is 20.7. The van der Waals surface area contributed by atoms with E-state index in [-0.39, 0.29) is 46.2 Å². The Balaban J connectivity index is 2.14. The van der Waals surface area contributed by atoms with E-state index >= 15 is 0 Å². The number of hydrogen-bond donors (Lipinski definition) is 4. The smallest absolute Gasteiger partial charge is 0.394 e. The van der Waals surface area contributed by atoms with Crippen LogP contribution in [0.25, 0.3) is 0 Å². The van der Waals surface area contributed by atoms with Crippen molar-refractivity contribution in [2.45, 2.75) is 43.4 Å². The van der Waals surface area contributed by atoms with Crippen LogP contribution >= 0.6 is 11.3 Å². The third kappa shape index (κ3) is 20.7. The van der Waals surface area contributed by atoms with E-state index in [1.807, 2.05) is 16.8 Å². The summed E-state index contributed by atoms with van der Waals surface area (Å²) in [5.74, 6) is 0. The maximum atomic E-state index is 13.6. The zero-order valence-electron chi connectivity index (χ0n) is 22.4. The predicted octanol–water partition coefficient (Wildman–Crippen LogP) is 1.19. The third-order valence-corrected chi connectivity index (χ3v) is 5.13. The van der Waals surface area contributed by atoms with Gasteiger partial charge in [0.25, 0.3) is 0 Å². The Kier molecular flexibility index (Phi) is 19.1. The van der Waals surface area contributed by atoms with Gasteiger partial charge in [0.05, 0.1) is 72.7 Å². The van der Waals surface area contributed by atoms with Gasteiger partial charge in [0, 0.05) is 0 Å². The van der Waals surface area contributed by atoms with Gasteiger partial charge in [0.2, 0.25) is 0 Å². The number of rotatable bonds is 27. The first-order valence-electron chi connectivity index (χ1n) is 12.4. The second-order valence-electron chi connectivity index (χ2n) is 8.53. The number of thiophene rings is 1. The molecule has 12 nitrogen and oxygen atoms in total. The summed E-state index contributed by atoms with van der Waals surface area (Å²) in [7, 11) is 0. The van der Waals surface area contributed by atoms with Crippen molar-refractivity contribution in [3.8, 4) is 0 Å². The lowest BCUT2D eigenvalue weighted by Gasteiger charge is -2.26. The third-order valence-electron chi connectivity index (χ3n) is 4.39. The number of halogens is 6. The predicted molar refractivity (Wildman–Crippen MR) is 130 cm³/mol. The average molecular weight is 651 g/mol. The standard InChI is InChI=1S/C23H36F6O12S/c24-21(25,40-23(28,29)41-22(26,27)16-39-13-19(32)8-34-3-2-30)15-36-5-4-35-9-18(31)11-38-12-20(33)10-37-7-17-1-6-42-14-17/h1,6,14,18-20,30-33H,2-5,7-13,15-16H2. The van der Waals surface area contributed by atoms with Crippen molar-refractivity contribution < 1.29 is 84.7 Å². The summed E-state index contributed by atoms with van der Waals surface area (Å²) in [6.07, 6.45) is -18.5. The van der Waals surface area contributed by atoms with Crippen LogP contribution < -0.4 is 0 Å². The summed E-state index contributed by atoms with van der Waals surface area (Å²) in [4.78, 5) is 0. The van der Waals surface area contributed by atoms with Gasteiger partial charge in [-0.2, -0.15) is 28.9 Å². The summed E-state index contributed by atoms with van der Waals surface area (Å²) < 4.78 is 116. The van der Waals surface area contributed by atoms with Crippen molar-refractivity contribution in [3.63, 3.8) is 0 Å². The van der Waals surface area contributed by atoms with E-state index < -0.39 is 69.9 Å². The highest BCUT2D eigenvalue weighted by Gasteiger charge is 2.52. The number of alkyl halides is 6. The SMILES string of the molecule is OCCOCC(O)COCC(F)(F)OC(F)(F)OC(F)(F)COCCOCC(O)COCC(O)COCc1ccsc1. The van der Waals surface area contributed by atoms with Gasteiger partial charge in [-0.3, -0.25) is 0 Å². The first-order chi connectivity index (χ1) is 19.7. The molecule has 42 heavy (non-hydrogen) atoms. The van der Waals surface area contributed by atoms with E-state index in [1.54, 1.807) is 0 Å². The Hall–Kier alpha value is -1.20. The van der Waals surface area contributed by atoms with Crippen LogP contribution in [0.2, 0.25) is 0 Å². The molecule has 0 saturated carbocycles. The zero-order chi connectivity index (χ0) is 31.5. The molecule has 0 fully saturated rings. The van der Waals surface area contributed by atoms with Crippen molar-refractivity contribution in [1.82, 2.24) is 0 Å². The maximum Gasteiger partial charge on any atom is 0.495 e. The normalized spacial score (nSPS) is 15.2. The fraction of sp³-hybridized carbons (Fsp3) is 0.826. The molecule has 1 aromatic rings. The van der Waals surface area contributed by atoms with E-state index in [9.17, 15) is 41.7 Å². The van der Waals surface area contributed by atoms with Crippen LogP contribution in [0.3, 0.4) is 0 Å². The highest BCUT2D eigenvalue weighted by molar-refractivity contribution is 7.07. The van der Waals surface area contributed by atoms with Gasteiger partial charge in [0.15, 0.2) is 0 Å². The van der Waals surface area contributed by atoms with Crippen molar-refractivity contribution in [3.05, 3.63) is 22.4 Å². The summed E-state index contributed by atoms with van der Waals surface area (Å²) >= 11 is 1.51. The summed E-state index contributed by atoms with van der Waals surface area (Å²) in [6, 6.07) is 1.88. The molecule has 0 aliphatic rings. The number of hydrogen-bond acceptors (Lipinski definition) is 13. The average Bonchev–Trinajstić information content (AvgIpc) is 3.38. The van der Waals surface area contributed by atoms with Crippen LogP contribution in [0.1, 0.15) is 5.56 Å². The molecule has 3 unspecified atom stereocenters. The Morgan fingerprint density at radius 3 is 1.67 bits per heavy atom. The molecule has 248 valence electrons. The lowest BCUT2D eigenvalue weighted by molar-refractivity contribution is -0.518. The molecular formula is C23H36F6O12S. The molecule has 3 atom stereocenters. The minimum Gasteiger partial charge on any atom is -0.394 e. The van der Waals surface area contributed by atoms with Crippen LogP contribution in [0.5, 0.6) is 0 Å². The van der Waals surface area contributed by atoms with Crippen molar-refractivity contribution in [1.29, 1.82) is 0 Å². The summed E-state index contributed by atoms with van der Waals surface area (Å²) in [5, 5.41) is 41.2. The first-order valence-corrected chi connectivity index (χ1v) is 13.3. The minimum atomic E-state index is -5.45. The Morgan fingerprint density at radius 1 is 0.643 bits per heavy atom. The number of ether oxygens (including phenoxy) is 8. The van der Waals surface area contributed by atoms with E-state index in [0.717, 1.165) is 5.56 Å². The molecule has 1 heterocycles. The van der Waals surface area contributed by atoms with E-state index in [1.165, 1.54) is 11.3 Å². The van der Waals surface area contributed by atoms with Crippen LogP contribution in [0.4, 0.5) is 26.3 Å². The monoisotopic (exact) mass is 650 g/mol. The zero-order valence-corrected chi connectivity index (χ0v) is 23.2. The van der Waals surface area contributed by atoms with Gasteiger partial charge >= 0.3 is 18.5 Å². The number of aliphatic hydroxyl groups excluding tert-OH is 4. The molecule has 0 aliphatic heterocycles. The molecule has 0 spiro atoms. The van der Waals surface area contributed by atoms with Crippen LogP contribution in [-0.4, -0.2) is 137 Å². The fourth-order valence-electron chi connectivity index (χ4n) is 2.73. The van der Waals surface area contributed by atoms with Crippen LogP contribution in [0, 0.1) is 0 Å². The second-order valence-corrected chi connectivity index (χ2v) is 9.31. The van der Waals surface area contributed by atoms with Crippen molar-refractivity contribution in [2.24, 2.45) is 0 Å². The molecule has 0 amide bonds. The lowest BCUT2D eigenvalue weighted by atomic mass is 10.3. The maximum absolute atomic E-state index is 13.6. The van der Waals surface area contributed by atoms with E-state index in [4.69, 9.17) is 24.1 Å². The molecule has 0 aromatic carbocycles. The lowest BCUT2D eigenvalue weighted by Crippen LogP contribution is -2.44. The molecular weight excluding hydrogens is 614 g/mol. The minimum absolute atomic E-state index is 0.0114. The molecule has 0 saturated heterocycles. The first kappa shape index (κ1) is 38.8. The fourth-order valence-corrected chi connectivity index (χ4v) is 3.38. The Bertz CT molecular complexity index is 796.